The van der Waals surface area contributed by atoms with Gasteiger partial charge in [-0.05, 0) is 18.2 Å². The van der Waals surface area contributed by atoms with Crippen LogP contribution in [0.25, 0.3) is 0 Å². The highest BCUT2D eigenvalue weighted by Crippen LogP contribution is 2.24. The van der Waals surface area contributed by atoms with Crippen molar-refractivity contribution in [2.24, 2.45) is 0 Å². The van der Waals surface area contributed by atoms with E-state index in [1.807, 2.05) is 0 Å². The van der Waals surface area contributed by atoms with Gasteiger partial charge in [0.25, 0.3) is 5.91 Å². The molecule has 0 spiro atoms. The number of amides is 2. The number of hydrogen-bond acceptors (Lipinski definition) is 3. The molecule has 1 rings (SSSR count). The molecule has 0 aromatic heterocycles. The smallest absolute Gasteiger partial charge is 0.261 e. The third-order valence-corrected chi connectivity index (χ3v) is 2.53. The van der Waals surface area contributed by atoms with Crippen LogP contribution in [0.2, 0.25) is 0 Å². The highest BCUT2D eigenvalue weighted by Gasteiger charge is 2.13. The minimum Gasteiger partial charge on any atom is -0.427 e. The van der Waals surface area contributed by atoms with Crippen molar-refractivity contribution in [1.82, 2.24) is 5.32 Å². The fourth-order valence-corrected chi connectivity index (χ4v) is 1.72. The lowest BCUT2D eigenvalue weighted by molar-refractivity contribution is -0.118. The highest BCUT2D eigenvalue weighted by molar-refractivity contribution is 14.1. The molecule has 0 aliphatic heterocycles. The average molecular weight is 384 g/mol. The summed E-state index contributed by atoms with van der Waals surface area (Å²) >= 11 is 4.91. The fourth-order valence-electron chi connectivity index (χ4n) is 0.974. The molecule has 15 heavy (non-hydrogen) atoms. The summed E-state index contributed by atoms with van der Waals surface area (Å²) in [7, 11) is 0. The Morgan fingerprint density at radius 1 is 1.47 bits per heavy atom. The van der Waals surface area contributed by atoms with Crippen molar-refractivity contribution in [1.29, 1.82) is 0 Å². The van der Waals surface area contributed by atoms with E-state index in [0.717, 1.165) is 4.47 Å². The van der Waals surface area contributed by atoms with E-state index in [1.54, 1.807) is 41.2 Å². The van der Waals surface area contributed by atoms with Crippen LogP contribution in [0.4, 0.5) is 0 Å². The molecule has 2 amide bonds. The van der Waals surface area contributed by atoms with Gasteiger partial charge in [0.15, 0.2) is 23.0 Å². The van der Waals surface area contributed by atoms with Crippen LogP contribution < -0.4 is 8.38 Å². The van der Waals surface area contributed by atoms with Crippen LogP contribution in [0, 0.1) is 0 Å². The molecule has 80 valence electrons. The summed E-state index contributed by atoms with van der Waals surface area (Å²) < 4.78 is 5.72. The van der Waals surface area contributed by atoms with Crippen LogP contribution in [-0.2, 0) is 4.79 Å². The van der Waals surface area contributed by atoms with Crippen molar-refractivity contribution in [3.63, 3.8) is 0 Å². The summed E-state index contributed by atoms with van der Waals surface area (Å²) in [5.41, 5.74) is 0.314. The molecule has 1 N–H and O–H groups in total. The largest absolute Gasteiger partial charge is 0.427 e. The van der Waals surface area contributed by atoms with Gasteiger partial charge in [-0.15, -0.1) is 0 Å². The topological polar surface area (TPSA) is 55.4 Å². The third-order valence-electron chi connectivity index (χ3n) is 1.56. The molecule has 0 radical (unpaired) electrons. The van der Waals surface area contributed by atoms with Crippen molar-refractivity contribution in [2.45, 2.75) is 6.92 Å². The van der Waals surface area contributed by atoms with Crippen LogP contribution in [0.3, 0.4) is 0 Å². The predicted octanol–water partition coefficient (Wildman–Crippen LogP) is 2.45. The van der Waals surface area contributed by atoms with Gasteiger partial charge in [0, 0.05) is 11.4 Å². The first-order valence-corrected chi connectivity index (χ1v) is 5.62. The maximum atomic E-state index is 11.6. The molecule has 0 atom stereocenters. The molecule has 4 nitrogen and oxygen atoms in total. The first-order chi connectivity index (χ1) is 7.04. The molecular formula is C9H7BrINO3. The van der Waals surface area contributed by atoms with Crippen molar-refractivity contribution in [3.8, 4) is 5.75 Å². The lowest BCUT2D eigenvalue weighted by Crippen LogP contribution is -2.28. The normalized spacial score (nSPS) is 9.53. The number of nitrogens with one attached hydrogen (secondary N) is 1. The second kappa shape index (κ2) is 5.45. The van der Waals surface area contributed by atoms with Crippen LogP contribution >= 0.6 is 38.9 Å². The Morgan fingerprint density at radius 2 is 2.13 bits per heavy atom. The van der Waals surface area contributed by atoms with Crippen LogP contribution in [0.5, 0.6) is 5.75 Å². The van der Waals surface area contributed by atoms with E-state index in [0.29, 0.717) is 11.3 Å². The standard InChI is InChI=1S/C9H7BrINO3/c1-5(13)12-9(14)7-4-6(10)2-3-8(7)15-11/h2-4H,1H3,(H,12,13,14). The molecule has 6 heteroatoms. The number of benzene rings is 1. The van der Waals surface area contributed by atoms with E-state index in [4.69, 9.17) is 3.07 Å². The Bertz CT molecular complexity index is 408. The number of hydrogen-bond donors (Lipinski definition) is 1. The van der Waals surface area contributed by atoms with Gasteiger partial charge in [-0.1, -0.05) is 15.9 Å². The third kappa shape index (κ3) is 3.45. The summed E-state index contributed by atoms with van der Waals surface area (Å²) in [6.07, 6.45) is 0. The highest BCUT2D eigenvalue weighted by atomic mass is 127. The molecule has 0 saturated heterocycles. The van der Waals surface area contributed by atoms with Crippen LogP contribution in [0.1, 0.15) is 17.3 Å². The zero-order chi connectivity index (χ0) is 11.4. The second-order valence-corrected chi connectivity index (χ2v) is 4.08. The quantitative estimate of drug-likeness (QED) is 0.798. The Kier molecular flexibility index (Phi) is 4.52. The monoisotopic (exact) mass is 383 g/mol. The van der Waals surface area contributed by atoms with Gasteiger partial charge >= 0.3 is 0 Å². The summed E-state index contributed by atoms with van der Waals surface area (Å²) in [6, 6.07) is 4.98. The number of carbonyl (C=O) groups is 2. The van der Waals surface area contributed by atoms with E-state index in [9.17, 15) is 9.59 Å². The molecule has 0 fully saturated rings. The average Bonchev–Trinajstić information content (AvgIpc) is 2.16. The molecule has 1 aromatic rings. The zero-order valence-electron chi connectivity index (χ0n) is 7.71. The van der Waals surface area contributed by atoms with Gasteiger partial charge in [-0.2, -0.15) is 0 Å². The molecule has 0 saturated carbocycles. The van der Waals surface area contributed by atoms with Crippen LogP contribution in [0.15, 0.2) is 22.7 Å². The van der Waals surface area contributed by atoms with Gasteiger partial charge in [-0.3, -0.25) is 14.9 Å². The first-order valence-electron chi connectivity index (χ1n) is 3.94. The van der Waals surface area contributed by atoms with E-state index in [2.05, 4.69) is 21.2 Å². The maximum Gasteiger partial charge on any atom is 0.261 e. The molecule has 1 aromatic carbocycles. The molecule has 0 bridgehead atoms. The molecule has 0 aliphatic carbocycles. The molecule has 0 heterocycles. The molecular weight excluding hydrogens is 377 g/mol. The minimum atomic E-state index is -0.476. The van der Waals surface area contributed by atoms with Crippen molar-refractivity contribution >= 4 is 50.8 Å². The van der Waals surface area contributed by atoms with Gasteiger partial charge in [0.05, 0.1) is 5.56 Å². The number of carbonyl (C=O) groups excluding carboxylic acids is 2. The lowest BCUT2D eigenvalue weighted by Gasteiger charge is -2.06. The first kappa shape index (κ1) is 12.4. The van der Waals surface area contributed by atoms with E-state index in [-0.39, 0.29) is 0 Å². The number of halogens is 2. The van der Waals surface area contributed by atoms with Crippen molar-refractivity contribution in [3.05, 3.63) is 28.2 Å². The Labute approximate surface area is 109 Å². The van der Waals surface area contributed by atoms with Gasteiger partial charge in [0.2, 0.25) is 5.91 Å². The fraction of sp³-hybridized carbons (Fsp3) is 0.111. The van der Waals surface area contributed by atoms with Crippen LogP contribution in [-0.4, -0.2) is 11.8 Å². The van der Waals surface area contributed by atoms with Gasteiger partial charge in [-0.25, -0.2) is 0 Å². The summed E-state index contributed by atoms with van der Waals surface area (Å²) in [6.45, 7) is 1.28. The zero-order valence-corrected chi connectivity index (χ0v) is 11.5. The number of imide groups is 1. The van der Waals surface area contributed by atoms with E-state index in [1.165, 1.54) is 6.92 Å². The van der Waals surface area contributed by atoms with Gasteiger partial charge < -0.3 is 3.07 Å². The maximum absolute atomic E-state index is 11.6. The summed E-state index contributed by atoms with van der Waals surface area (Å²) in [4.78, 5) is 22.3. The summed E-state index contributed by atoms with van der Waals surface area (Å²) in [5.74, 6) is -0.465. The van der Waals surface area contributed by atoms with Gasteiger partial charge in [0.1, 0.15) is 5.75 Å². The Morgan fingerprint density at radius 3 is 2.67 bits per heavy atom. The second-order valence-electron chi connectivity index (χ2n) is 2.73. The Hall–Kier alpha value is -0.630. The van der Waals surface area contributed by atoms with Crippen molar-refractivity contribution < 1.29 is 12.7 Å². The summed E-state index contributed by atoms with van der Waals surface area (Å²) in [5, 5.41) is 2.18. The predicted molar refractivity (Wildman–Crippen MR) is 66.9 cm³/mol. The molecule has 0 unspecified atom stereocenters. The van der Waals surface area contributed by atoms with Crippen molar-refractivity contribution in [2.75, 3.05) is 0 Å². The molecule has 0 aliphatic rings. The van der Waals surface area contributed by atoms with E-state index >= 15 is 0 Å². The Balaban J connectivity index is 3.05. The van der Waals surface area contributed by atoms with E-state index < -0.39 is 11.8 Å². The SMILES string of the molecule is CC(=O)NC(=O)c1cc(Br)ccc1OI. The minimum absolute atomic E-state index is 0.314. The number of rotatable bonds is 2. The lowest BCUT2D eigenvalue weighted by atomic mass is 10.2.